The fourth-order valence-corrected chi connectivity index (χ4v) is 3.76. The maximum atomic E-state index is 10.4. The largest absolute Gasteiger partial charge is 0.496 e. The molecule has 2 heterocycles. The highest BCUT2D eigenvalue weighted by Crippen LogP contribution is 2.36. The number of benzene rings is 1. The Morgan fingerprint density at radius 1 is 1.18 bits per heavy atom. The molecule has 28 heavy (non-hydrogen) atoms. The van der Waals surface area contributed by atoms with Crippen molar-refractivity contribution in [3.63, 3.8) is 0 Å². The van der Waals surface area contributed by atoms with Gasteiger partial charge in [-0.25, -0.2) is 0 Å². The third-order valence-corrected chi connectivity index (χ3v) is 5.39. The number of hydrogen-bond donors (Lipinski definition) is 2. The van der Waals surface area contributed by atoms with Crippen molar-refractivity contribution in [1.29, 1.82) is 0 Å². The summed E-state index contributed by atoms with van der Waals surface area (Å²) >= 11 is 0. The molecule has 0 spiro atoms. The number of likely N-dealkylation sites (N-methyl/N-ethyl adjacent to an activating group) is 1. The highest BCUT2D eigenvalue weighted by Gasteiger charge is 2.35. The van der Waals surface area contributed by atoms with Crippen LogP contribution in [0.15, 0.2) is 52.9 Å². The summed E-state index contributed by atoms with van der Waals surface area (Å²) in [4.78, 5) is 2.19. The van der Waals surface area contributed by atoms with Gasteiger partial charge in [0.15, 0.2) is 6.29 Å². The lowest BCUT2D eigenvalue weighted by Crippen LogP contribution is -2.31. The molecule has 3 rings (SSSR count). The summed E-state index contributed by atoms with van der Waals surface area (Å²) in [5.41, 5.74) is 4.29. The van der Waals surface area contributed by atoms with Crippen molar-refractivity contribution in [3.8, 4) is 0 Å². The van der Waals surface area contributed by atoms with Crippen LogP contribution in [-0.2, 0) is 15.9 Å². The van der Waals surface area contributed by atoms with Crippen LogP contribution in [0.2, 0.25) is 0 Å². The van der Waals surface area contributed by atoms with Gasteiger partial charge < -0.3 is 24.8 Å². The average Bonchev–Trinajstić information content (AvgIpc) is 3.09. The first-order chi connectivity index (χ1) is 13.7. The summed E-state index contributed by atoms with van der Waals surface area (Å²) < 4.78 is 11.7. The molecule has 1 aromatic rings. The van der Waals surface area contributed by atoms with E-state index in [1.54, 1.807) is 0 Å². The summed E-state index contributed by atoms with van der Waals surface area (Å²) in [7, 11) is 2.06. The molecule has 0 saturated carbocycles. The first-order valence-electron chi connectivity index (χ1n) is 10.5. The number of hydrogen-bond acceptors (Lipinski definition) is 5. The summed E-state index contributed by atoms with van der Waals surface area (Å²) in [5, 5.41) is 13.9. The predicted molar refractivity (Wildman–Crippen MR) is 112 cm³/mol. The number of rotatable bonds is 11. The van der Waals surface area contributed by atoms with Gasteiger partial charge in [-0.1, -0.05) is 43.7 Å². The number of allylic oxidation sites excluding steroid dienone is 1. The normalized spacial score (nSPS) is 19.4. The van der Waals surface area contributed by atoms with Crippen LogP contribution in [0.4, 0.5) is 0 Å². The van der Waals surface area contributed by atoms with Crippen molar-refractivity contribution in [2.75, 3.05) is 39.9 Å². The maximum absolute atomic E-state index is 10.4. The molecule has 5 nitrogen and oxygen atoms in total. The molecule has 0 amide bonds. The second kappa shape index (κ2) is 10.6. The zero-order valence-electron chi connectivity index (χ0n) is 17.2. The lowest BCUT2D eigenvalue weighted by atomic mass is 9.96. The molecule has 1 aromatic carbocycles. The van der Waals surface area contributed by atoms with Crippen molar-refractivity contribution in [3.05, 3.63) is 58.5 Å². The number of aliphatic hydroxyl groups is 1. The van der Waals surface area contributed by atoms with Crippen LogP contribution >= 0.6 is 0 Å². The lowest BCUT2D eigenvalue weighted by Gasteiger charge is -2.32. The molecular weight excluding hydrogens is 352 g/mol. The van der Waals surface area contributed by atoms with Crippen LogP contribution in [-0.4, -0.2) is 56.2 Å². The van der Waals surface area contributed by atoms with Gasteiger partial charge >= 0.3 is 0 Å². The Kier molecular flexibility index (Phi) is 7.95. The standard InChI is InChI=1S/C23H34N2O3/c1-3-4-12-24-13-8-9-14-27-21-16-25(2)20(15-18-10-6-5-7-11-18)22-19(21)17-28-23(22)26/h5-7,10-11,23-24,26H,3-4,8-9,12-17H2,1-2H3. The van der Waals surface area contributed by atoms with E-state index in [1.165, 1.54) is 18.4 Å². The third-order valence-electron chi connectivity index (χ3n) is 5.39. The minimum atomic E-state index is -0.863. The number of nitrogens with zero attached hydrogens (tertiary/aromatic N) is 1. The van der Waals surface area contributed by atoms with Crippen molar-refractivity contribution in [2.24, 2.45) is 0 Å². The molecule has 0 bridgehead atoms. The smallest absolute Gasteiger partial charge is 0.183 e. The fraction of sp³-hybridized carbons (Fsp3) is 0.565. The average molecular weight is 387 g/mol. The predicted octanol–water partition coefficient (Wildman–Crippen LogP) is 3.22. The number of fused-ring (bicyclic) bond motifs is 1. The third kappa shape index (κ3) is 5.37. The summed E-state index contributed by atoms with van der Waals surface area (Å²) in [5.74, 6) is 0.949. The number of ether oxygens (including phenoxy) is 2. The Hall–Kier alpha value is -1.82. The zero-order chi connectivity index (χ0) is 19.8. The van der Waals surface area contributed by atoms with Crippen molar-refractivity contribution in [1.82, 2.24) is 10.2 Å². The maximum Gasteiger partial charge on any atom is 0.183 e. The minimum Gasteiger partial charge on any atom is -0.496 e. The molecule has 2 N–H and O–H groups in total. The molecule has 154 valence electrons. The molecule has 1 saturated heterocycles. The lowest BCUT2D eigenvalue weighted by molar-refractivity contribution is -0.0393. The van der Waals surface area contributed by atoms with E-state index >= 15 is 0 Å². The van der Waals surface area contributed by atoms with E-state index in [0.717, 1.165) is 61.5 Å². The SMILES string of the molecule is CCCCNCCCCOC1=C2COC(O)C2=C(Cc2ccccc2)N(C)C1. The molecule has 0 aliphatic carbocycles. The van der Waals surface area contributed by atoms with Crippen LogP contribution in [0.25, 0.3) is 0 Å². The van der Waals surface area contributed by atoms with E-state index in [1.807, 2.05) is 18.2 Å². The molecule has 2 aliphatic rings. The first kappa shape index (κ1) is 20.9. The number of nitrogens with one attached hydrogen (secondary N) is 1. The highest BCUT2D eigenvalue weighted by atomic mass is 16.6. The summed E-state index contributed by atoms with van der Waals surface area (Å²) in [6.45, 7) is 6.22. The Balaban J connectivity index is 1.60. The van der Waals surface area contributed by atoms with Gasteiger partial charge in [-0.15, -0.1) is 0 Å². The van der Waals surface area contributed by atoms with Gasteiger partial charge in [0.05, 0.1) is 19.8 Å². The highest BCUT2D eigenvalue weighted by molar-refractivity contribution is 5.46. The Morgan fingerprint density at radius 2 is 1.96 bits per heavy atom. The van der Waals surface area contributed by atoms with E-state index in [2.05, 4.69) is 36.3 Å². The van der Waals surface area contributed by atoms with Crippen molar-refractivity contribution < 1.29 is 14.6 Å². The Labute approximate surface area is 169 Å². The van der Waals surface area contributed by atoms with Gasteiger partial charge in [-0.3, -0.25) is 0 Å². The van der Waals surface area contributed by atoms with E-state index in [-0.39, 0.29) is 0 Å². The second-order valence-corrected chi connectivity index (χ2v) is 7.60. The van der Waals surface area contributed by atoms with Gasteiger partial charge in [-0.05, 0) is 37.9 Å². The van der Waals surface area contributed by atoms with Gasteiger partial charge in [0.25, 0.3) is 0 Å². The van der Waals surface area contributed by atoms with Gasteiger partial charge in [0.2, 0.25) is 0 Å². The monoisotopic (exact) mass is 386 g/mol. The van der Waals surface area contributed by atoms with Gasteiger partial charge in [-0.2, -0.15) is 0 Å². The van der Waals surface area contributed by atoms with Crippen LogP contribution in [0.3, 0.4) is 0 Å². The Morgan fingerprint density at radius 3 is 2.75 bits per heavy atom. The molecule has 5 heteroatoms. The summed E-state index contributed by atoms with van der Waals surface area (Å²) in [6.07, 6.45) is 4.53. The molecule has 2 aliphatic heterocycles. The summed E-state index contributed by atoms with van der Waals surface area (Å²) in [6, 6.07) is 10.4. The molecule has 0 radical (unpaired) electrons. The number of unbranched alkanes of at least 4 members (excludes halogenated alkanes) is 2. The molecule has 1 atom stereocenters. The van der Waals surface area contributed by atoms with Crippen LogP contribution in [0.1, 0.15) is 38.2 Å². The van der Waals surface area contributed by atoms with Crippen LogP contribution in [0.5, 0.6) is 0 Å². The zero-order valence-corrected chi connectivity index (χ0v) is 17.2. The molecular formula is C23H34N2O3. The molecule has 0 aromatic heterocycles. The Bertz CT molecular complexity index is 684. The van der Waals surface area contributed by atoms with Crippen LogP contribution < -0.4 is 5.32 Å². The van der Waals surface area contributed by atoms with E-state index in [4.69, 9.17) is 9.47 Å². The quantitative estimate of drug-likeness (QED) is 0.572. The molecule has 1 unspecified atom stereocenters. The van der Waals surface area contributed by atoms with Crippen LogP contribution in [0, 0.1) is 0 Å². The van der Waals surface area contributed by atoms with E-state index < -0.39 is 6.29 Å². The van der Waals surface area contributed by atoms with Crippen molar-refractivity contribution >= 4 is 0 Å². The van der Waals surface area contributed by atoms with Gasteiger partial charge in [0.1, 0.15) is 5.76 Å². The second-order valence-electron chi connectivity index (χ2n) is 7.60. The van der Waals surface area contributed by atoms with E-state index in [9.17, 15) is 5.11 Å². The first-order valence-corrected chi connectivity index (χ1v) is 10.5. The number of aliphatic hydroxyl groups excluding tert-OH is 1. The van der Waals surface area contributed by atoms with Crippen molar-refractivity contribution in [2.45, 2.75) is 45.3 Å². The van der Waals surface area contributed by atoms with Gasteiger partial charge in [0, 0.05) is 30.3 Å². The van der Waals surface area contributed by atoms with E-state index in [0.29, 0.717) is 13.2 Å². The minimum absolute atomic E-state index is 0.427. The molecule has 1 fully saturated rings. The topological polar surface area (TPSA) is 54.0 Å². The fourth-order valence-electron chi connectivity index (χ4n) is 3.76.